The van der Waals surface area contributed by atoms with Crippen LogP contribution in [0.1, 0.15) is 44.5 Å². The van der Waals surface area contributed by atoms with E-state index in [-0.39, 0.29) is 11.2 Å². The van der Waals surface area contributed by atoms with Gasteiger partial charge in [-0.2, -0.15) is 0 Å². The van der Waals surface area contributed by atoms with Crippen molar-refractivity contribution < 1.29 is 4.79 Å². The maximum Gasteiger partial charge on any atom is 0.233 e. The second-order valence-electron chi connectivity index (χ2n) is 5.17. The van der Waals surface area contributed by atoms with Crippen LogP contribution >= 0.6 is 11.8 Å². The van der Waals surface area contributed by atoms with Crippen LogP contribution in [0.3, 0.4) is 0 Å². The molecular formula is C12H18N4OS. The molecule has 5 nitrogen and oxygen atoms in total. The van der Waals surface area contributed by atoms with Gasteiger partial charge in [0.25, 0.3) is 0 Å². The molecule has 1 aromatic rings. The minimum Gasteiger partial charge on any atom is -0.352 e. The lowest BCUT2D eigenvalue weighted by Gasteiger charge is -2.12. The molecule has 0 bridgehead atoms. The minimum atomic E-state index is -0.105. The molecule has 6 heteroatoms. The summed E-state index contributed by atoms with van der Waals surface area (Å²) in [6.07, 6.45) is 4.66. The molecule has 1 N–H and O–H groups in total. The van der Waals surface area contributed by atoms with E-state index in [9.17, 15) is 4.79 Å². The van der Waals surface area contributed by atoms with Crippen molar-refractivity contribution in [2.75, 3.05) is 0 Å². The zero-order valence-electron chi connectivity index (χ0n) is 10.7. The molecule has 2 aliphatic carbocycles. The third kappa shape index (κ3) is 2.53. The van der Waals surface area contributed by atoms with Crippen LogP contribution < -0.4 is 5.32 Å². The van der Waals surface area contributed by atoms with E-state index in [1.165, 1.54) is 24.6 Å². The Hall–Kier alpha value is -1.04. The Morgan fingerprint density at radius 1 is 1.39 bits per heavy atom. The van der Waals surface area contributed by atoms with Gasteiger partial charge in [0.2, 0.25) is 5.91 Å². The first-order chi connectivity index (χ1) is 8.65. The number of hydrogen-bond acceptors (Lipinski definition) is 4. The van der Waals surface area contributed by atoms with Gasteiger partial charge in [-0.05, 0) is 39.5 Å². The quantitative estimate of drug-likeness (QED) is 0.824. The fourth-order valence-corrected chi connectivity index (χ4v) is 2.92. The van der Waals surface area contributed by atoms with E-state index in [2.05, 4.69) is 20.1 Å². The Labute approximate surface area is 111 Å². The Kier molecular flexibility index (Phi) is 3.05. The average molecular weight is 266 g/mol. The summed E-state index contributed by atoms with van der Waals surface area (Å²) in [6, 6.07) is 0.977. The molecule has 0 unspecified atom stereocenters. The molecule has 2 fully saturated rings. The Bertz CT molecular complexity index is 465. The van der Waals surface area contributed by atoms with Crippen LogP contribution in [0.5, 0.6) is 0 Å². The number of carbonyl (C=O) groups excluding carboxylic acids is 1. The lowest BCUT2D eigenvalue weighted by molar-refractivity contribution is -0.120. The van der Waals surface area contributed by atoms with Gasteiger partial charge in [0.1, 0.15) is 5.82 Å². The fourth-order valence-electron chi connectivity index (χ4n) is 1.94. The van der Waals surface area contributed by atoms with E-state index in [4.69, 9.17) is 0 Å². The molecule has 1 heterocycles. The molecule has 0 aliphatic heterocycles. The minimum absolute atomic E-state index is 0.105. The van der Waals surface area contributed by atoms with Crippen LogP contribution in [0.25, 0.3) is 0 Å². The molecule has 0 spiro atoms. The maximum atomic E-state index is 11.9. The number of rotatable bonds is 5. The van der Waals surface area contributed by atoms with Gasteiger partial charge in [-0.15, -0.1) is 10.2 Å². The van der Waals surface area contributed by atoms with E-state index in [0.29, 0.717) is 12.1 Å². The summed E-state index contributed by atoms with van der Waals surface area (Å²) in [7, 11) is 0. The summed E-state index contributed by atoms with van der Waals surface area (Å²) < 4.78 is 2.17. The molecule has 1 atom stereocenters. The van der Waals surface area contributed by atoms with Crippen LogP contribution in [0.4, 0.5) is 0 Å². The molecule has 0 saturated heterocycles. The molecule has 0 radical (unpaired) electrons. The summed E-state index contributed by atoms with van der Waals surface area (Å²) in [5.41, 5.74) is 0. The topological polar surface area (TPSA) is 59.8 Å². The Morgan fingerprint density at radius 2 is 2.11 bits per heavy atom. The van der Waals surface area contributed by atoms with Gasteiger partial charge in [-0.3, -0.25) is 4.79 Å². The first-order valence-corrected chi connectivity index (χ1v) is 7.41. The lowest BCUT2D eigenvalue weighted by atomic mass is 10.4. The summed E-state index contributed by atoms with van der Waals surface area (Å²) >= 11 is 1.51. The van der Waals surface area contributed by atoms with Gasteiger partial charge >= 0.3 is 0 Å². The van der Waals surface area contributed by atoms with Gasteiger partial charge < -0.3 is 9.88 Å². The van der Waals surface area contributed by atoms with Gasteiger partial charge in [-0.1, -0.05) is 11.8 Å². The van der Waals surface area contributed by atoms with E-state index in [1.54, 1.807) is 0 Å². The zero-order chi connectivity index (χ0) is 12.7. The second-order valence-corrected chi connectivity index (χ2v) is 6.48. The molecule has 0 aromatic carbocycles. The predicted molar refractivity (Wildman–Crippen MR) is 69.5 cm³/mol. The number of hydrogen-bond donors (Lipinski definition) is 1. The van der Waals surface area contributed by atoms with Gasteiger partial charge in [-0.25, -0.2) is 0 Å². The number of nitrogens with one attached hydrogen (secondary N) is 1. The van der Waals surface area contributed by atoms with Crippen LogP contribution in [0.2, 0.25) is 0 Å². The standard InChI is InChI=1S/C12H18N4OS/c1-7(11(17)13-9-3-4-9)18-12-15-14-8(2)16(12)10-5-6-10/h7,9-10H,3-6H2,1-2H3,(H,13,17)/t7-/m0/s1. The SMILES string of the molecule is Cc1nnc(S[C@@H](C)C(=O)NC2CC2)n1C1CC1. The third-order valence-electron chi connectivity index (χ3n) is 3.32. The van der Waals surface area contributed by atoms with Crippen molar-refractivity contribution in [3.05, 3.63) is 5.82 Å². The summed E-state index contributed by atoms with van der Waals surface area (Å²) in [5, 5.41) is 12.1. The summed E-state index contributed by atoms with van der Waals surface area (Å²) in [5.74, 6) is 1.07. The summed E-state index contributed by atoms with van der Waals surface area (Å²) in [4.78, 5) is 11.9. The average Bonchev–Trinajstić information content (AvgIpc) is 3.22. The second kappa shape index (κ2) is 4.57. The van der Waals surface area contributed by atoms with Gasteiger partial charge in [0, 0.05) is 12.1 Å². The van der Waals surface area contributed by atoms with E-state index in [0.717, 1.165) is 23.8 Å². The number of aryl methyl sites for hydroxylation is 1. The van der Waals surface area contributed by atoms with Crippen LogP contribution in [-0.4, -0.2) is 32.0 Å². The molecule has 2 aliphatic rings. The highest BCUT2D eigenvalue weighted by molar-refractivity contribution is 8.00. The smallest absolute Gasteiger partial charge is 0.233 e. The lowest BCUT2D eigenvalue weighted by Crippen LogP contribution is -2.32. The fraction of sp³-hybridized carbons (Fsp3) is 0.750. The Morgan fingerprint density at radius 3 is 2.72 bits per heavy atom. The maximum absolute atomic E-state index is 11.9. The monoisotopic (exact) mass is 266 g/mol. The van der Waals surface area contributed by atoms with Crippen molar-refractivity contribution in [2.45, 2.75) is 62.0 Å². The third-order valence-corrected chi connectivity index (χ3v) is 4.38. The number of thioether (sulfide) groups is 1. The van der Waals surface area contributed by atoms with Crippen molar-refractivity contribution >= 4 is 17.7 Å². The molecule has 2 saturated carbocycles. The molecular weight excluding hydrogens is 248 g/mol. The van der Waals surface area contributed by atoms with Crippen molar-refractivity contribution in [3.63, 3.8) is 0 Å². The first kappa shape index (κ1) is 12.0. The van der Waals surface area contributed by atoms with Gasteiger partial charge in [0.05, 0.1) is 5.25 Å². The molecule has 98 valence electrons. The largest absolute Gasteiger partial charge is 0.352 e. The number of aromatic nitrogens is 3. The first-order valence-electron chi connectivity index (χ1n) is 6.53. The van der Waals surface area contributed by atoms with Crippen LogP contribution in [0.15, 0.2) is 5.16 Å². The van der Waals surface area contributed by atoms with Crippen molar-refractivity contribution in [3.8, 4) is 0 Å². The van der Waals surface area contributed by atoms with E-state index < -0.39 is 0 Å². The number of amides is 1. The van der Waals surface area contributed by atoms with Crippen molar-refractivity contribution in [2.24, 2.45) is 0 Å². The molecule has 18 heavy (non-hydrogen) atoms. The van der Waals surface area contributed by atoms with E-state index in [1.807, 2.05) is 13.8 Å². The van der Waals surface area contributed by atoms with E-state index >= 15 is 0 Å². The molecule has 3 rings (SSSR count). The Balaban J connectivity index is 1.65. The number of carbonyl (C=O) groups is 1. The molecule has 1 amide bonds. The summed E-state index contributed by atoms with van der Waals surface area (Å²) in [6.45, 7) is 3.91. The predicted octanol–water partition coefficient (Wildman–Crippen LogP) is 1.68. The number of nitrogens with zero attached hydrogens (tertiary/aromatic N) is 3. The van der Waals surface area contributed by atoms with Crippen molar-refractivity contribution in [1.82, 2.24) is 20.1 Å². The van der Waals surface area contributed by atoms with Gasteiger partial charge in [0.15, 0.2) is 5.16 Å². The van der Waals surface area contributed by atoms with Crippen molar-refractivity contribution in [1.29, 1.82) is 0 Å². The highest BCUT2D eigenvalue weighted by atomic mass is 32.2. The highest BCUT2D eigenvalue weighted by Gasteiger charge is 2.31. The zero-order valence-corrected chi connectivity index (χ0v) is 11.5. The normalized spacial score (nSPS) is 20.8. The molecule has 1 aromatic heterocycles. The van der Waals surface area contributed by atoms with Crippen LogP contribution in [0, 0.1) is 6.92 Å². The van der Waals surface area contributed by atoms with Crippen LogP contribution in [-0.2, 0) is 4.79 Å². The highest BCUT2D eigenvalue weighted by Crippen LogP contribution is 2.39.